The van der Waals surface area contributed by atoms with Crippen LogP contribution >= 0.6 is 0 Å². The van der Waals surface area contributed by atoms with Crippen molar-refractivity contribution >= 4 is 10.0 Å². The molecule has 0 amide bonds. The highest BCUT2D eigenvalue weighted by Crippen LogP contribution is 2.04. The summed E-state index contributed by atoms with van der Waals surface area (Å²) in [7, 11) is -3.38. The molecule has 0 bridgehead atoms. The van der Waals surface area contributed by atoms with Crippen LogP contribution in [0.1, 0.15) is 25.6 Å². The second-order valence-electron chi connectivity index (χ2n) is 3.08. The second kappa shape index (κ2) is 4.56. The number of aryl methyl sites for hydroxylation is 1. The Hall–Kier alpha value is -0.880. The van der Waals surface area contributed by atoms with Crippen molar-refractivity contribution in [3.8, 4) is 0 Å². The molecule has 1 aromatic rings. The average Bonchev–Trinajstić information content (AvgIpc) is 2.53. The van der Waals surface area contributed by atoms with Gasteiger partial charge in [-0.1, -0.05) is 13.3 Å². The molecule has 0 unspecified atom stereocenters. The van der Waals surface area contributed by atoms with E-state index in [-0.39, 0.29) is 5.03 Å². The largest absolute Gasteiger partial charge is 0.332 e. The number of unbranched alkanes of at least 4 members (excludes halogenated alkanes) is 1. The molecule has 1 aromatic heterocycles. The molecule has 1 heterocycles. The summed E-state index contributed by atoms with van der Waals surface area (Å²) in [6, 6.07) is 0. The third kappa shape index (κ3) is 2.81. The summed E-state index contributed by atoms with van der Waals surface area (Å²) < 4.78 is 25.6. The number of nitrogens with one attached hydrogen (secondary N) is 2. The maximum atomic E-state index is 11.5. The van der Waals surface area contributed by atoms with Gasteiger partial charge in [-0.05, 0) is 13.3 Å². The first-order valence-electron chi connectivity index (χ1n) is 4.57. The highest BCUT2D eigenvalue weighted by Gasteiger charge is 2.14. The Kier molecular flexibility index (Phi) is 3.65. The van der Waals surface area contributed by atoms with E-state index in [4.69, 9.17) is 0 Å². The predicted molar refractivity (Wildman–Crippen MR) is 53.4 cm³/mol. The third-order valence-electron chi connectivity index (χ3n) is 1.79. The van der Waals surface area contributed by atoms with Gasteiger partial charge in [-0.15, -0.1) is 0 Å². The molecule has 2 N–H and O–H groups in total. The van der Waals surface area contributed by atoms with Gasteiger partial charge in [0, 0.05) is 6.54 Å². The Morgan fingerprint density at radius 3 is 2.79 bits per heavy atom. The van der Waals surface area contributed by atoms with Crippen LogP contribution in [-0.2, 0) is 10.0 Å². The van der Waals surface area contributed by atoms with Gasteiger partial charge in [0.1, 0.15) is 5.82 Å². The molecule has 0 atom stereocenters. The maximum absolute atomic E-state index is 11.5. The molecule has 0 aliphatic rings. The van der Waals surface area contributed by atoms with Gasteiger partial charge in [0.05, 0.1) is 6.20 Å². The van der Waals surface area contributed by atoms with Crippen LogP contribution in [-0.4, -0.2) is 24.9 Å². The minimum absolute atomic E-state index is 0.131. The number of H-pyrrole nitrogens is 1. The number of nitrogens with zero attached hydrogens (tertiary/aromatic N) is 1. The van der Waals surface area contributed by atoms with Gasteiger partial charge in [0.2, 0.25) is 0 Å². The van der Waals surface area contributed by atoms with E-state index in [0.29, 0.717) is 12.4 Å². The Bertz CT molecular complexity index is 383. The van der Waals surface area contributed by atoms with Crippen LogP contribution in [0.3, 0.4) is 0 Å². The molecule has 0 spiro atoms. The van der Waals surface area contributed by atoms with Crippen molar-refractivity contribution < 1.29 is 8.42 Å². The fourth-order valence-corrected chi connectivity index (χ4v) is 2.04. The quantitative estimate of drug-likeness (QED) is 0.716. The molecule has 0 saturated heterocycles. The number of hydrogen-bond acceptors (Lipinski definition) is 3. The van der Waals surface area contributed by atoms with Crippen molar-refractivity contribution in [2.45, 2.75) is 31.7 Å². The average molecular weight is 217 g/mol. The summed E-state index contributed by atoms with van der Waals surface area (Å²) in [5.74, 6) is 0.598. The number of sulfonamides is 1. The Labute approximate surface area is 84.0 Å². The standard InChI is InChI=1S/C8H15N3O2S/c1-3-4-5-10-14(12,13)8-6-9-7(2)11-8/h6,10H,3-5H2,1-2H3,(H,9,11). The fourth-order valence-electron chi connectivity index (χ4n) is 0.996. The summed E-state index contributed by atoms with van der Waals surface area (Å²) >= 11 is 0. The van der Waals surface area contributed by atoms with Gasteiger partial charge in [-0.2, -0.15) is 0 Å². The first-order valence-corrected chi connectivity index (χ1v) is 6.06. The Balaban J connectivity index is 2.66. The fraction of sp³-hybridized carbons (Fsp3) is 0.625. The molecule has 0 aromatic carbocycles. The summed E-state index contributed by atoms with van der Waals surface area (Å²) in [6.07, 6.45) is 3.13. The minimum Gasteiger partial charge on any atom is -0.332 e. The normalized spacial score (nSPS) is 11.9. The molecule has 14 heavy (non-hydrogen) atoms. The summed E-state index contributed by atoms with van der Waals surface area (Å²) in [6.45, 7) is 4.19. The third-order valence-corrected chi connectivity index (χ3v) is 3.16. The lowest BCUT2D eigenvalue weighted by atomic mass is 10.3. The molecule has 0 radical (unpaired) electrons. The van der Waals surface area contributed by atoms with Crippen molar-refractivity contribution in [2.75, 3.05) is 6.54 Å². The van der Waals surface area contributed by atoms with Gasteiger partial charge < -0.3 is 4.98 Å². The molecule has 80 valence electrons. The zero-order valence-corrected chi connectivity index (χ0v) is 9.19. The summed E-state index contributed by atoms with van der Waals surface area (Å²) in [5, 5.41) is 0.131. The van der Waals surface area contributed by atoms with Gasteiger partial charge >= 0.3 is 0 Å². The molecule has 0 saturated carbocycles. The van der Waals surface area contributed by atoms with E-state index in [0.717, 1.165) is 12.8 Å². The van der Waals surface area contributed by atoms with Gasteiger partial charge in [-0.25, -0.2) is 18.1 Å². The van der Waals surface area contributed by atoms with Crippen molar-refractivity contribution in [3.05, 3.63) is 12.0 Å². The van der Waals surface area contributed by atoms with Crippen LogP contribution in [0, 0.1) is 6.92 Å². The van der Waals surface area contributed by atoms with Crippen molar-refractivity contribution in [2.24, 2.45) is 0 Å². The monoisotopic (exact) mass is 217 g/mol. The van der Waals surface area contributed by atoms with Crippen LogP contribution in [0.5, 0.6) is 0 Å². The van der Waals surface area contributed by atoms with E-state index >= 15 is 0 Å². The molecular formula is C8H15N3O2S. The number of aromatic amines is 1. The van der Waals surface area contributed by atoms with Crippen LogP contribution in [0.25, 0.3) is 0 Å². The van der Waals surface area contributed by atoms with Crippen molar-refractivity contribution in [3.63, 3.8) is 0 Å². The SMILES string of the molecule is CCCCNS(=O)(=O)c1cnc(C)[nH]1. The van der Waals surface area contributed by atoms with Gasteiger partial charge in [-0.3, -0.25) is 0 Å². The van der Waals surface area contributed by atoms with Crippen LogP contribution in [0.15, 0.2) is 11.2 Å². The lowest BCUT2D eigenvalue weighted by molar-refractivity contribution is 0.575. The maximum Gasteiger partial charge on any atom is 0.257 e. The molecule has 5 nitrogen and oxygen atoms in total. The molecule has 0 fully saturated rings. The van der Waals surface area contributed by atoms with E-state index in [1.807, 2.05) is 6.92 Å². The van der Waals surface area contributed by atoms with Crippen LogP contribution in [0.4, 0.5) is 0 Å². The molecule has 6 heteroatoms. The van der Waals surface area contributed by atoms with Gasteiger partial charge in [0.15, 0.2) is 5.03 Å². The summed E-state index contributed by atoms with van der Waals surface area (Å²) in [5.41, 5.74) is 0. The minimum atomic E-state index is -3.38. The predicted octanol–water partition coefficient (Wildman–Crippen LogP) is 0.797. The first-order chi connectivity index (χ1) is 6.56. The first kappa shape index (κ1) is 11.2. The van der Waals surface area contributed by atoms with Gasteiger partial charge in [0.25, 0.3) is 10.0 Å². The topological polar surface area (TPSA) is 74.8 Å². The molecule has 0 aliphatic heterocycles. The zero-order chi connectivity index (χ0) is 10.6. The Morgan fingerprint density at radius 1 is 1.57 bits per heavy atom. The van der Waals surface area contributed by atoms with E-state index in [1.165, 1.54) is 6.20 Å². The highest BCUT2D eigenvalue weighted by atomic mass is 32.2. The van der Waals surface area contributed by atoms with Crippen LogP contribution in [0.2, 0.25) is 0 Å². The number of aromatic nitrogens is 2. The lowest BCUT2D eigenvalue weighted by Crippen LogP contribution is -2.25. The van der Waals surface area contributed by atoms with E-state index < -0.39 is 10.0 Å². The van der Waals surface area contributed by atoms with Crippen LogP contribution < -0.4 is 4.72 Å². The van der Waals surface area contributed by atoms with E-state index in [9.17, 15) is 8.42 Å². The molecular weight excluding hydrogens is 202 g/mol. The van der Waals surface area contributed by atoms with E-state index in [2.05, 4.69) is 14.7 Å². The number of imidazole rings is 1. The number of hydrogen-bond donors (Lipinski definition) is 2. The smallest absolute Gasteiger partial charge is 0.257 e. The Morgan fingerprint density at radius 2 is 2.29 bits per heavy atom. The molecule has 0 aliphatic carbocycles. The molecule has 1 rings (SSSR count). The lowest BCUT2D eigenvalue weighted by Gasteiger charge is -2.02. The zero-order valence-electron chi connectivity index (χ0n) is 8.37. The van der Waals surface area contributed by atoms with Crippen molar-refractivity contribution in [1.82, 2.24) is 14.7 Å². The summed E-state index contributed by atoms with van der Waals surface area (Å²) in [4.78, 5) is 6.52. The number of rotatable bonds is 5. The second-order valence-corrected chi connectivity index (χ2v) is 4.82. The van der Waals surface area contributed by atoms with E-state index in [1.54, 1.807) is 6.92 Å². The highest BCUT2D eigenvalue weighted by molar-refractivity contribution is 7.89. The van der Waals surface area contributed by atoms with Crippen molar-refractivity contribution in [1.29, 1.82) is 0 Å².